The van der Waals surface area contributed by atoms with E-state index in [-0.39, 0.29) is 0 Å². The van der Waals surface area contributed by atoms with E-state index in [2.05, 4.69) is 30.7 Å². The molecular formula is C18H35N3. The van der Waals surface area contributed by atoms with Gasteiger partial charge >= 0.3 is 0 Å². The summed E-state index contributed by atoms with van der Waals surface area (Å²) in [4.78, 5) is 5.42. The minimum atomic E-state index is 0.316. The predicted octanol–water partition coefficient (Wildman–Crippen LogP) is 2.70. The molecule has 2 aliphatic heterocycles. The van der Waals surface area contributed by atoms with Gasteiger partial charge in [-0.05, 0) is 69.9 Å². The van der Waals surface area contributed by atoms with Crippen molar-refractivity contribution in [2.24, 2.45) is 17.1 Å². The molecule has 2 N–H and O–H groups in total. The Morgan fingerprint density at radius 1 is 1.05 bits per heavy atom. The lowest BCUT2D eigenvalue weighted by Crippen LogP contribution is -2.63. The fourth-order valence-corrected chi connectivity index (χ4v) is 5.12. The van der Waals surface area contributed by atoms with Gasteiger partial charge in [0.2, 0.25) is 0 Å². The summed E-state index contributed by atoms with van der Waals surface area (Å²) in [6, 6.07) is 0.838. The van der Waals surface area contributed by atoms with E-state index in [1.807, 2.05) is 0 Å². The molecule has 3 heteroatoms. The number of hydrogen-bond donors (Lipinski definition) is 1. The van der Waals surface area contributed by atoms with Crippen LogP contribution < -0.4 is 5.73 Å². The molecule has 2 unspecified atom stereocenters. The van der Waals surface area contributed by atoms with Gasteiger partial charge in [-0.3, -0.25) is 4.90 Å². The second-order valence-corrected chi connectivity index (χ2v) is 8.78. The largest absolute Gasteiger partial charge is 0.329 e. The maximum absolute atomic E-state index is 6.30. The molecule has 0 aromatic rings. The number of nitrogens with two attached hydrogens (primary N) is 1. The maximum atomic E-state index is 6.30. The van der Waals surface area contributed by atoms with Gasteiger partial charge in [0.25, 0.3) is 0 Å². The smallest absolute Gasteiger partial charge is 0.0332 e. The van der Waals surface area contributed by atoms with Gasteiger partial charge in [0.05, 0.1) is 0 Å². The van der Waals surface area contributed by atoms with Crippen molar-refractivity contribution < 1.29 is 0 Å². The van der Waals surface area contributed by atoms with Crippen molar-refractivity contribution in [3.05, 3.63) is 0 Å². The summed E-state index contributed by atoms with van der Waals surface area (Å²) in [6.45, 7) is 9.58. The van der Waals surface area contributed by atoms with Crippen molar-refractivity contribution in [2.45, 2.75) is 70.4 Å². The molecule has 3 rings (SSSR count). The van der Waals surface area contributed by atoms with E-state index in [9.17, 15) is 0 Å². The Morgan fingerprint density at radius 3 is 2.43 bits per heavy atom. The number of fused-ring (bicyclic) bond motifs is 1. The van der Waals surface area contributed by atoms with Gasteiger partial charge < -0.3 is 10.6 Å². The van der Waals surface area contributed by atoms with Crippen LogP contribution in [0.25, 0.3) is 0 Å². The molecule has 0 aromatic carbocycles. The summed E-state index contributed by atoms with van der Waals surface area (Å²) < 4.78 is 0. The van der Waals surface area contributed by atoms with E-state index in [1.54, 1.807) is 0 Å². The Hall–Kier alpha value is -0.120. The zero-order valence-corrected chi connectivity index (χ0v) is 14.4. The molecule has 122 valence electrons. The Labute approximate surface area is 131 Å². The lowest BCUT2D eigenvalue weighted by Gasteiger charge is -2.55. The van der Waals surface area contributed by atoms with Crippen LogP contribution in [-0.2, 0) is 0 Å². The SMILES string of the molecule is CN1CCCC2CN(C3(CN)CCC(C)(C)CC3)CCC21. The first-order valence-corrected chi connectivity index (χ1v) is 9.11. The van der Waals surface area contributed by atoms with Gasteiger partial charge in [-0.1, -0.05) is 13.8 Å². The molecule has 0 amide bonds. The molecule has 2 saturated heterocycles. The second-order valence-electron chi connectivity index (χ2n) is 8.78. The summed E-state index contributed by atoms with van der Waals surface area (Å²) in [5, 5.41) is 0. The number of likely N-dealkylation sites (tertiary alicyclic amines) is 2. The van der Waals surface area contributed by atoms with Crippen molar-refractivity contribution in [3.63, 3.8) is 0 Å². The molecule has 21 heavy (non-hydrogen) atoms. The highest BCUT2D eigenvalue weighted by Crippen LogP contribution is 2.44. The summed E-state index contributed by atoms with van der Waals surface area (Å²) >= 11 is 0. The average molecular weight is 293 g/mol. The lowest BCUT2D eigenvalue weighted by molar-refractivity contribution is -0.0410. The highest BCUT2D eigenvalue weighted by Gasteiger charge is 2.45. The topological polar surface area (TPSA) is 32.5 Å². The molecule has 3 aliphatic rings. The van der Waals surface area contributed by atoms with Gasteiger partial charge in [0.15, 0.2) is 0 Å². The fourth-order valence-electron chi connectivity index (χ4n) is 5.12. The highest BCUT2D eigenvalue weighted by atomic mass is 15.3. The van der Waals surface area contributed by atoms with Crippen LogP contribution in [0.1, 0.15) is 58.8 Å². The normalized spacial score (nSPS) is 37.1. The number of piperidine rings is 2. The highest BCUT2D eigenvalue weighted by molar-refractivity contribution is 5.01. The summed E-state index contributed by atoms with van der Waals surface area (Å²) in [5.41, 5.74) is 7.15. The van der Waals surface area contributed by atoms with E-state index in [0.29, 0.717) is 11.0 Å². The van der Waals surface area contributed by atoms with Crippen molar-refractivity contribution in [1.29, 1.82) is 0 Å². The van der Waals surface area contributed by atoms with Crippen molar-refractivity contribution in [2.75, 3.05) is 33.2 Å². The van der Waals surface area contributed by atoms with Crippen LogP contribution in [0.4, 0.5) is 0 Å². The van der Waals surface area contributed by atoms with Gasteiger partial charge in [-0.15, -0.1) is 0 Å². The summed E-state index contributed by atoms with van der Waals surface area (Å²) in [7, 11) is 2.33. The lowest BCUT2D eigenvalue weighted by atomic mass is 9.67. The molecule has 3 fully saturated rings. The predicted molar refractivity (Wildman–Crippen MR) is 89.4 cm³/mol. The van der Waals surface area contributed by atoms with Gasteiger partial charge in [-0.25, -0.2) is 0 Å². The standard InChI is InChI=1S/C18H35N3/c1-17(2)7-9-18(14-19,10-8-17)21-12-6-16-15(13-21)5-4-11-20(16)3/h15-16H,4-14,19H2,1-3H3. The molecule has 0 aromatic heterocycles. The summed E-state index contributed by atoms with van der Waals surface area (Å²) in [6.07, 6.45) is 9.47. The third kappa shape index (κ3) is 3.02. The second kappa shape index (κ2) is 5.82. The van der Waals surface area contributed by atoms with E-state index in [0.717, 1.165) is 18.5 Å². The Balaban J connectivity index is 1.68. The van der Waals surface area contributed by atoms with Crippen LogP contribution in [0.2, 0.25) is 0 Å². The Morgan fingerprint density at radius 2 is 1.76 bits per heavy atom. The van der Waals surface area contributed by atoms with Gasteiger partial charge in [-0.2, -0.15) is 0 Å². The molecule has 0 bridgehead atoms. The third-order valence-electron chi connectivity index (χ3n) is 6.93. The first-order chi connectivity index (χ1) is 9.96. The van der Waals surface area contributed by atoms with Crippen molar-refractivity contribution in [3.8, 4) is 0 Å². The van der Waals surface area contributed by atoms with Crippen LogP contribution in [0.3, 0.4) is 0 Å². The number of rotatable bonds is 2. The van der Waals surface area contributed by atoms with Gasteiger partial charge in [0.1, 0.15) is 0 Å². The van der Waals surface area contributed by atoms with E-state index in [1.165, 1.54) is 64.6 Å². The zero-order valence-electron chi connectivity index (χ0n) is 14.4. The molecule has 1 saturated carbocycles. The van der Waals surface area contributed by atoms with E-state index in [4.69, 9.17) is 5.73 Å². The fraction of sp³-hybridized carbons (Fsp3) is 1.00. The molecule has 1 aliphatic carbocycles. The van der Waals surface area contributed by atoms with E-state index < -0.39 is 0 Å². The van der Waals surface area contributed by atoms with Gasteiger partial charge in [0, 0.05) is 31.2 Å². The Kier molecular flexibility index (Phi) is 4.37. The molecule has 0 spiro atoms. The minimum absolute atomic E-state index is 0.316. The van der Waals surface area contributed by atoms with Crippen LogP contribution in [0.5, 0.6) is 0 Å². The third-order valence-corrected chi connectivity index (χ3v) is 6.93. The first-order valence-electron chi connectivity index (χ1n) is 9.11. The average Bonchev–Trinajstić information content (AvgIpc) is 2.48. The summed E-state index contributed by atoms with van der Waals surface area (Å²) in [5.74, 6) is 0.885. The first kappa shape index (κ1) is 15.8. The van der Waals surface area contributed by atoms with Crippen LogP contribution >= 0.6 is 0 Å². The zero-order chi connectivity index (χ0) is 15.1. The van der Waals surface area contributed by atoms with Crippen LogP contribution in [-0.4, -0.2) is 54.6 Å². The maximum Gasteiger partial charge on any atom is 0.0332 e. The molecule has 2 heterocycles. The number of nitrogens with zero attached hydrogens (tertiary/aromatic N) is 2. The van der Waals surface area contributed by atoms with Crippen molar-refractivity contribution >= 4 is 0 Å². The Bertz CT molecular complexity index is 355. The van der Waals surface area contributed by atoms with Crippen LogP contribution in [0.15, 0.2) is 0 Å². The molecular weight excluding hydrogens is 258 g/mol. The van der Waals surface area contributed by atoms with E-state index >= 15 is 0 Å². The van der Waals surface area contributed by atoms with Crippen molar-refractivity contribution in [1.82, 2.24) is 9.80 Å². The minimum Gasteiger partial charge on any atom is -0.329 e. The number of hydrogen-bond acceptors (Lipinski definition) is 3. The molecule has 2 atom stereocenters. The molecule has 3 nitrogen and oxygen atoms in total. The molecule has 0 radical (unpaired) electrons. The van der Waals surface area contributed by atoms with Crippen LogP contribution in [0, 0.1) is 11.3 Å². The quantitative estimate of drug-likeness (QED) is 0.849. The monoisotopic (exact) mass is 293 g/mol.